The fourth-order valence-corrected chi connectivity index (χ4v) is 2.07. The largest absolute Gasteiger partial charge is 0.473 e. The maximum absolute atomic E-state index is 11.7. The number of rotatable bonds is 4. The Balaban J connectivity index is 0.000000346. The van der Waals surface area contributed by atoms with Gasteiger partial charge >= 0.3 is 11.9 Å². The number of hydrogen-bond donors (Lipinski definition) is 3. The molecule has 2 saturated heterocycles. The van der Waals surface area contributed by atoms with Gasteiger partial charge in [-0.25, -0.2) is 9.59 Å². The van der Waals surface area contributed by atoms with Crippen LogP contribution in [0.15, 0.2) is 0 Å². The number of hydrogen-bond acceptors (Lipinski definition) is 6. The Bertz CT molecular complexity index is 365. The van der Waals surface area contributed by atoms with E-state index in [0.29, 0.717) is 25.9 Å². The van der Waals surface area contributed by atoms with Crippen LogP contribution in [0.3, 0.4) is 0 Å². The zero-order valence-corrected chi connectivity index (χ0v) is 12.3. The summed E-state index contributed by atoms with van der Waals surface area (Å²) in [6.07, 6.45) is 2.56. The highest BCUT2D eigenvalue weighted by Gasteiger charge is 2.18. The molecule has 2 rings (SSSR count). The van der Waals surface area contributed by atoms with E-state index < -0.39 is 11.9 Å². The second-order valence-corrected chi connectivity index (χ2v) is 4.87. The lowest BCUT2D eigenvalue weighted by atomic mass is 10.2. The number of ether oxygens (including phenoxy) is 2. The molecule has 126 valence electrons. The Kier molecular flexibility index (Phi) is 8.41. The lowest BCUT2D eigenvalue weighted by molar-refractivity contribution is -0.159. The molecule has 0 radical (unpaired) electrons. The minimum absolute atomic E-state index is 0.168. The van der Waals surface area contributed by atoms with Crippen LogP contribution in [0, 0.1) is 0 Å². The molecule has 2 fully saturated rings. The van der Waals surface area contributed by atoms with E-state index in [2.05, 4.69) is 5.32 Å². The highest BCUT2D eigenvalue weighted by molar-refractivity contribution is 6.27. The molecule has 22 heavy (non-hydrogen) atoms. The van der Waals surface area contributed by atoms with Crippen molar-refractivity contribution in [3.05, 3.63) is 0 Å². The number of carboxylic acids is 2. The fourth-order valence-electron chi connectivity index (χ4n) is 2.07. The molecule has 0 aromatic heterocycles. The van der Waals surface area contributed by atoms with Gasteiger partial charge in [-0.15, -0.1) is 0 Å². The number of morpholine rings is 1. The van der Waals surface area contributed by atoms with Crippen LogP contribution in [0.5, 0.6) is 0 Å². The van der Waals surface area contributed by atoms with Gasteiger partial charge in [0.15, 0.2) is 0 Å². The monoisotopic (exact) mass is 318 g/mol. The SMILES string of the molecule is O=C(CNCC1CCCO1)N1CCOCC1.O=C(O)C(=O)O. The lowest BCUT2D eigenvalue weighted by Crippen LogP contribution is -2.45. The summed E-state index contributed by atoms with van der Waals surface area (Å²) in [5.74, 6) is -3.48. The van der Waals surface area contributed by atoms with E-state index in [1.807, 2.05) is 4.90 Å². The molecular formula is C13H22N2O7. The normalized spacial score (nSPS) is 20.9. The van der Waals surface area contributed by atoms with Crippen molar-refractivity contribution in [3.8, 4) is 0 Å². The smallest absolute Gasteiger partial charge is 0.414 e. The number of nitrogens with one attached hydrogen (secondary N) is 1. The molecule has 3 N–H and O–H groups in total. The van der Waals surface area contributed by atoms with E-state index in [1.54, 1.807) is 0 Å². The molecule has 2 aliphatic rings. The fraction of sp³-hybridized carbons (Fsp3) is 0.769. The summed E-state index contributed by atoms with van der Waals surface area (Å²) < 4.78 is 10.7. The van der Waals surface area contributed by atoms with Crippen LogP contribution >= 0.6 is 0 Å². The van der Waals surface area contributed by atoms with Gasteiger partial charge in [-0.2, -0.15) is 0 Å². The van der Waals surface area contributed by atoms with Crippen LogP contribution < -0.4 is 5.32 Å². The average molecular weight is 318 g/mol. The third-order valence-corrected chi connectivity index (χ3v) is 3.22. The maximum atomic E-state index is 11.7. The first-order valence-electron chi connectivity index (χ1n) is 7.14. The minimum atomic E-state index is -1.82. The molecule has 1 atom stereocenters. The highest BCUT2D eigenvalue weighted by Crippen LogP contribution is 2.10. The molecule has 2 aliphatic heterocycles. The number of nitrogens with zero attached hydrogens (tertiary/aromatic N) is 1. The lowest BCUT2D eigenvalue weighted by Gasteiger charge is -2.27. The molecule has 9 heteroatoms. The second-order valence-electron chi connectivity index (χ2n) is 4.87. The van der Waals surface area contributed by atoms with Gasteiger partial charge < -0.3 is 29.9 Å². The Morgan fingerprint density at radius 1 is 1.09 bits per heavy atom. The minimum Gasteiger partial charge on any atom is -0.473 e. The van der Waals surface area contributed by atoms with Gasteiger partial charge in [-0.1, -0.05) is 0 Å². The van der Waals surface area contributed by atoms with E-state index in [9.17, 15) is 4.79 Å². The van der Waals surface area contributed by atoms with Crippen LogP contribution in [-0.2, 0) is 23.9 Å². The van der Waals surface area contributed by atoms with Crippen molar-refractivity contribution < 1.29 is 34.1 Å². The van der Waals surface area contributed by atoms with Gasteiger partial charge in [0.25, 0.3) is 0 Å². The molecule has 0 aromatic carbocycles. The zero-order chi connectivity index (χ0) is 16.4. The maximum Gasteiger partial charge on any atom is 0.414 e. The van der Waals surface area contributed by atoms with Gasteiger partial charge in [0.05, 0.1) is 25.9 Å². The summed E-state index contributed by atoms with van der Waals surface area (Å²) >= 11 is 0. The first-order chi connectivity index (χ1) is 10.5. The molecule has 1 amide bonds. The number of carbonyl (C=O) groups is 3. The van der Waals surface area contributed by atoms with Gasteiger partial charge in [-0.3, -0.25) is 4.79 Å². The quantitative estimate of drug-likeness (QED) is 0.550. The van der Waals surface area contributed by atoms with E-state index in [1.165, 1.54) is 0 Å². The third-order valence-electron chi connectivity index (χ3n) is 3.22. The van der Waals surface area contributed by atoms with Crippen molar-refractivity contribution in [2.75, 3.05) is 46.0 Å². The number of amides is 1. The molecule has 0 aromatic rings. The van der Waals surface area contributed by atoms with Crippen LogP contribution in [0.2, 0.25) is 0 Å². The topological polar surface area (TPSA) is 125 Å². The highest BCUT2D eigenvalue weighted by atomic mass is 16.5. The van der Waals surface area contributed by atoms with Gasteiger partial charge in [-0.05, 0) is 12.8 Å². The predicted molar refractivity (Wildman–Crippen MR) is 74.5 cm³/mol. The summed E-state index contributed by atoms with van der Waals surface area (Å²) in [5, 5.41) is 17.9. The van der Waals surface area contributed by atoms with Crippen molar-refractivity contribution in [3.63, 3.8) is 0 Å². The van der Waals surface area contributed by atoms with Crippen LogP contribution in [0.25, 0.3) is 0 Å². The standard InChI is InChI=1S/C11H20N2O3.C2H2O4/c14-11(13-3-6-15-7-4-13)9-12-8-10-2-1-5-16-10;3-1(4)2(5)6/h10,12H,1-9H2;(H,3,4)(H,5,6). The van der Waals surface area contributed by atoms with Gasteiger partial charge in [0.1, 0.15) is 0 Å². The predicted octanol–water partition coefficient (Wildman–Crippen LogP) is -1.23. The van der Waals surface area contributed by atoms with Crippen molar-refractivity contribution in [2.24, 2.45) is 0 Å². The Morgan fingerprint density at radius 2 is 1.73 bits per heavy atom. The molecule has 0 saturated carbocycles. The summed E-state index contributed by atoms with van der Waals surface area (Å²) in [6.45, 7) is 4.84. The molecule has 9 nitrogen and oxygen atoms in total. The first-order valence-corrected chi connectivity index (χ1v) is 7.14. The number of carboxylic acid groups (broad SMARTS) is 2. The molecule has 2 heterocycles. The van der Waals surface area contributed by atoms with Crippen molar-refractivity contribution in [1.29, 1.82) is 0 Å². The van der Waals surface area contributed by atoms with Crippen molar-refractivity contribution >= 4 is 17.8 Å². The zero-order valence-electron chi connectivity index (χ0n) is 12.3. The Morgan fingerprint density at radius 3 is 2.23 bits per heavy atom. The Hall–Kier alpha value is -1.71. The summed E-state index contributed by atoms with van der Waals surface area (Å²) in [4.78, 5) is 31.8. The first kappa shape index (κ1) is 18.3. The number of aliphatic carboxylic acids is 2. The molecule has 0 bridgehead atoms. The van der Waals surface area contributed by atoms with E-state index in [4.69, 9.17) is 29.3 Å². The average Bonchev–Trinajstić information content (AvgIpc) is 3.02. The molecular weight excluding hydrogens is 296 g/mol. The van der Waals surface area contributed by atoms with Crippen molar-refractivity contribution in [1.82, 2.24) is 10.2 Å². The van der Waals surface area contributed by atoms with E-state index >= 15 is 0 Å². The molecule has 0 spiro atoms. The molecule has 1 unspecified atom stereocenters. The van der Waals surface area contributed by atoms with E-state index in [-0.39, 0.29) is 5.91 Å². The summed E-state index contributed by atoms with van der Waals surface area (Å²) in [7, 11) is 0. The van der Waals surface area contributed by atoms with Crippen LogP contribution in [-0.4, -0.2) is 85.1 Å². The van der Waals surface area contributed by atoms with Crippen LogP contribution in [0.1, 0.15) is 12.8 Å². The van der Waals surface area contributed by atoms with E-state index in [0.717, 1.165) is 39.1 Å². The molecule has 0 aliphatic carbocycles. The van der Waals surface area contributed by atoms with Crippen molar-refractivity contribution in [2.45, 2.75) is 18.9 Å². The second kappa shape index (κ2) is 10.1. The van der Waals surface area contributed by atoms with Gasteiger partial charge in [0, 0.05) is 26.2 Å². The number of carbonyl (C=O) groups excluding carboxylic acids is 1. The summed E-state index contributed by atoms with van der Waals surface area (Å²) in [6, 6.07) is 0. The summed E-state index contributed by atoms with van der Waals surface area (Å²) in [5.41, 5.74) is 0. The van der Waals surface area contributed by atoms with Crippen LogP contribution in [0.4, 0.5) is 0 Å². The van der Waals surface area contributed by atoms with Gasteiger partial charge in [0.2, 0.25) is 5.91 Å². The third kappa shape index (κ3) is 7.34. The Labute approximate surface area is 128 Å².